The highest BCUT2D eigenvalue weighted by Crippen LogP contribution is 2.42. The van der Waals surface area contributed by atoms with Crippen molar-refractivity contribution in [1.29, 1.82) is 0 Å². The van der Waals surface area contributed by atoms with Crippen LogP contribution in [0.4, 0.5) is 11.4 Å². The number of amides is 2. The van der Waals surface area contributed by atoms with Gasteiger partial charge >= 0.3 is 0 Å². The van der Waals surface area contributed by atoms with Gasteiger partial charge in [-0.2, -0.15) is 0 Å². The van der Waals surface area contributed by atoms with Gasteiger partial charge in [0.15, 0.2) is 0 Å². The van der Waals surface area contributed by atoms with E-state index in [4.69, 9.17) is 9.47 Å². The molecular formula is C20H22N2O4S. The van der Waals surface area contributed by atoms with Crippen molar-refractivity contribution < 1.29 is 19.1 Å². The van der Waals surface area contributed by atoms with Crippen LogP contribution < -0.4 is 15.0 Å². The number of ether oxygens (including phenoxy) is 2. The van der Waals surface area contributed by atoms with E-state index >= 15 is 0 Å². The summed E-state index contributed by atoms with van der Waals surface area (Å²) in [4.78, 5) is 26.0. The Morgan fingerprint density at radius 2 is 2.04 bits per heavy atom. The van der Waals surface area contributed by atoms with Crippen molar-refractivity contribution in [3.05, 3.63) is 54.1 Å². The number of carbonyl (C=O) groups excluding carboxylic acids is 2. The first kappa shape index (κ1) is 19.3. The number of carbonyl (C=O) groups is 2. The minimum atomic E-state index is -0.215. The Hall–Kier alpha value is -2.51. The van der Waals surface area contributed by atoms with Gasteiger partial charge in [-0.25, -0.2) is 0 Å². The molecule has 2 amide bonds. The Labute approximate surface area is 162 Å². The van der Waals surface area contributed by atoms with Gasteiger partial charge in [-0.3, -0.25) is 14.5 Å². The van der Waals surface area contributed by atoms with Crippen LogP contribution in [0.25, 0.3) is 0 Å². The third kappa shape index (κ3) is 4.61. The number of hydrogen-bond donors (Lipinski definition) is 1. The maximum absolute atomic E-state index is 12.5. The van der Waals surface area contributed by atoms with Gasteiger partial charge in [0.1, 0.15) is 17.7 Å². The SMILES string of the molecule is CCOc1ccc(N2C(=O)CS[C@H]2c2cccc(NC(=O)COC)c2)cc1. The molecular weight excluding hydrogens is 364 g/mol. The number of rotatable bonds is 7. The van der Waals surface area contributed by atoms with Crippen LogP contribution in [0.5, 0.6) is 5.75 Å². The molecule has 3 rings (SSSR count). The van der Waals surface area contributed by atoms with Crippen LogP contribution >= 0.6 is 11.8 Å². The average Bonchev–Trinajstić information content (AvgIpc) is 3.05. The minimum absolute atomic E-state index is 0.000797. The number of nitrogens with one attached hydrogen (secondary N) is 1. The van der Waals surface area contributed by atoms with Crippen molar-refractivity contribution in [2.75, 3.05) is 36.3 Å². The lowest BCUT2D eigenvalue weighted by Gasteiger charge is -2.25. The predicted molar refractivity (Wildman–Crippen MR) is 107 cm³/mol. The van der Waals surface area contributed by atoms with Gasteiger partial charge in [0, 0.05) is 18.5 Å². The van der Waals surface area contributed by atoms with Crippen molar-refractivity contribution in [3.63, 3.8) is 0 Å². The second-order valence-corrected chi connectivity index (χ2v) is 7.03. The molecule has 1 fully saturated rings. The highest BCUT2D eigenvalue weighted by Gasteiger charge is 2.34. The predicted octanol–water partition coefficient (Wildman–Crippen LogP) is 3.45. The maximum atomic E-state index is 12.5. The molecule has 7 heteroatoms. The summed E-state index contributed by atoms with van der Waals surface area (Å²) in [5.74, 6) is 1.04. The molecule has 1 N–H and O–H groups in total. The average molecular weight is 386 g/mol. The van der Waals surface area contributed by atoms with Gasteiger partial charge in [-0.15, -0.1) is 11.8 Å². The molecule has 2 aromatic carbocycles. The molecule has 1 aliphatic heterocycles. The zero-order valence-electron chi connectivity index (χ0n) is 15.3. The smallest absolute Gasteiger partial charge is 0.250 e. The van der Waals surface area contributed by atoms with Gasteiger partial charge in [-0.1, -0.05) is 12.1 Å². The molecule has 1 atom stereocenters. The molecule has 1 heterocycles. The molecule has 0 saturated carbocycles. The Balaban J connectivity index is 1.82. The molecule has 0 radical (unpaired) electrons. The highest BCUT2D eigenvalue weighted by atomic mass is 32.2. The summed E-state index contributed by atoms with van der Waals surface area (Å²) in [5, 5.41) is 2.66. The zero-order chi connectivity index (χ0) is 19.2. The first-order valence-electron chi connectivity index (χ1n) is 8.67. The molecule has 6 nitrogen and oxygen atoms in total. The topological polar surface area (TPSA) is 67.9 Å². The molecule has 0 aromatic heterocycles. The van der Waals surface area contributed by atoms with Crippen LogP contribution in [0.3, 0.4) is 0 Å². The van der Waals surface area contributed by atoms with Crippen molar-refractivity contribution in [1.82, 2.24) is 0 Å². The first-order chi connectivity index (χ1) is 13.1. The monoisotopic (exact) mass is 386 g/mol. The molecule has 0 bridgehead atoms. The van der Waals surface area contributed by atoms with Crippen LogP contribution in [-0.2, 0) is 14.3 Å². The number of benzene rings is 2. The molecule has 2 aromatic rings. The number of hydrogen-bond acceptors (Lipinski definition) is 5. The van der Waals surface area contributed by atoms with Gasteiger partial charge in [0.05, 0.1) is 12.4 Å². The van der Waals surface area contributed by atoms with E-state index in [0.717, 1.165) is 17.0 Å². The van der Waals surface area contributed by atoms with E-state index in [1.807, 2.05) is 55.5 Å². The summed E-state index contributed by atoms with van der Waals surface area (Å²) in [6, 6.07) is 15.1. The first-order valence-corrected chi connectivity index (χ1v) is 9.72. The van der Waals surface area contributed by atoms with Gasteiger partial charge < -0.3 is 14.8 Å². The number of anilines is 2. The van der Waals surface area contributed by atoms with E-state index < -0.39 is 0 Å². The lowest BCUT2D eigenvalue weighted by Crippen LogP contribution is -2.27. The second-order valence-electron chi connectivity index (χ2n) is 5.96. The van der Waals surface area contributed by atoms with Gasteiger partial charge in [0.2, 0.25) is 11.8 Å². The molecule has 1 aliphatic rings. The minimum Gasteiger partial charge on any atom is -0.494 e. The fourth-order valence-corrected chi connectivity index (χ4v) is 4.08. The summed E-state index contributed by atoms with van der Waals surface area (Å²) in [5.41, 5.74) is 2.46. The van der Waals surface area contributed by atoms with E-state index in [1.165, 1.54) is 7.11 Å². The lowest BCUT2D eigenvalue weighted by atomic mass is 10.1. The van der Waals surface area contributed by atoms with E-state index in [9.17, 15) is 9.59 Å². The Kier molecular flexibility index (Phi) is 6.36. The van der Waals surface area contributed by atoms with Crippen LogP contribution in [0.15, 0.2) is 48.5 Å². The summed E-state index contributed by atoms with van der Waals surface area (Å²) >= 11 is 1.57. The number of methoxy groups -OCH3 is 1. The Morgan fingerprint density at radius 3 is 2.74 bits per heavy atom. The van der Waals surface area contributed by atoms with Crippen molar-refractivity contribution in [2.24, 2.45) is 0 Å². The van der Waals surface area contributed by atoms with E-state index in [1.54, 1.807) is 16.7 Å². The lowest BCUT2D eigenvalue weighted by molar-refractivity contribution is -0.119. The quantitative estimate of drug-likeness (QED) is 0.789. The van der Waals surface area contributed by atoms with Gasteiger partial charge in [-0.05, 0) is 48.9 Å². The number of nitrogens with zero attached hydrogens (tertiary/aromatic N) is 1. The van der Waals surface area contributed by atoms with Crippen molar-refractivity contribution in [2.45, 2.75) is 12.3 Å². The standard InChI is InChI=1S/C20H22N2O4S/c1-3-26-17-9-7-16(8-10-17)22-19(24)13-27-20(22)14-5-4-6-15(11-14)21-18(23)12-25-2/h4-11,20H,3,12-13H2,1-2H3,(H,21,23)/t20-/m0/s1. The summed E-state index contributed by atoms with van der Waals surface area (Å²) in [7, 11) is 1.48. The highest BCUT2D eigenvalue weighted by molar-refractivity contribution is 8.00. The fraction of sp³-hybridized carbons (Fsp3) is 0.300. The molecule has 27 heavy (non-hydrogen) atoms. The fourth-order valence-electron chi connectivity index (χ4n) is 2.92. The van der Waals surface area contributed by atoms with E-state index in [2.05, 4.69) is 5.32 Å². The molecule has 0 spiro atoms. The largest absolute Gasteiger partial charge is 0.494 e. The molecule has 0 aliphatic carbocycles. The van der Waals surface area contributed by atoms with Crippen LogP contribution in [-0.4, -0.2) is 37.9 Å². The second kappa shape index (κ2) is 8.92. The van der Waals surface area contributed by atoms with Gasteiger partial charge in [0.25, 0.3) is 0 Å². The van der Waals surface area contributed by atoms with E-state index in [-0.39, 0.29) is 23.8 Å². The Morgan fingerprint density at radius 1 is 1.26 bits per heavy atom. The maximum Gasteiger partial charge on any atom is 0.250 e. The van der Waals surface area contributed by atoms with Crippen LogP contribution in [0, 0.1) is 0 Å². The van der Waals surface area contributed by atoms with Crippen molar-refractivity contribution in [3.8, 4) is 5.75 Å². The third-order valence-electron chi connectivity index (χ3n) is 4.02. The normalized spacial score (nSPS) is 16.4. The van der Waals surface area contributed by atoms with Crippen LogP contribution in [0.1, 0.15) is 17.9 Å². The van der Waals surface area contributed by atoms with E-state index in [0.29, 0.717) is 18.0 Å². The summed E-state index contributed by atoms with van der Waals surface area (Å²) < 4.78 is 10.3. The summed E-state index contributed by atoms with van der Waals surface area (Å²) in [6.07, 6.45) is 0. The molecule has 142 valence electrons. The van der Waals surface area contributed by atoms with Crippen molar-refractivity contribution >= 4 is 35.0 Å². The third-order valence-corrected chi connectivity index (χ3v) is 5.24. The molecule has 1 saturated heterocycles. The Bertz CT molecular complexity index is 810. The summed E-state index contributed by atoms with van der Waals surface area (Å²) in [6.45, 7) is 2.53. The number of thioether (sulfide) groups is 1. The zero-order valence-corrected chi connectivity index (χ0v) is 16.1. The molecule has 0 unspecified atom stereocenters. The van der Waals surface area contributed by atoms with Crippen LogP contribution in [0.2, 0.25) is 0 Å².